The molecular weight excluding hydrogens is 352 g/mol. The molecule has 0 radical (unpaired) electrons. The lowest BCUT2D eigenvalue weighted by Crippen LogP contribution is -2.39. The molecule has 0 spiro atoms. The van der Waals surface area contributed by atoms with Gasteiger partial charge in [-0.2, -0.15) is 0 Å². The third-order valence-corrected chi connectivity index (χ3v) is 3.27. The number of benzene rings is 2. The molecular formula is C19H20N2O6. The number of nitrogens with one attached hydrogen (secondary N) is 2. The highest BCUT2D eigenvalue weighted by Gasteiger charge is 2.16. The molecule has 0 fully saturated rings. The fourth-order valence-corrected chi connectivity index (χ4v) is 2.02. The molecule has 2 N–H and O–H groups in total. The fourth-order valence-electron chi connectivity index (χ4n) is 2.02. The fraction of sp³-hybridized carbons (Fsp3) is 0.211. The van der Waals surface area contributed by atoms with Crippen LogP contribution in [0.1, 0.15) is 10.4 Å². The minimum atomic E-state index is -0.739. The molecule has 3 amide bonds. The van der Waals surface area contributed by atoms with E-state index in [1.807, 2.05) is 35.6 Å². The maximum absolute atomic E-state index is 12.2. The van der Waals surface area contributed by atoms with Gasteiger partial charge in [0.1, 0.15) is 30.3 Å². The van der Waals surface area contributed by atoms with E-state index in [0.717, 1.165) is 5.75 Å². The van der Waals surface area contributed by atoms with Crippen LogP contribution >= 0.6 is 0 Å². The van der Waals surface area contributed by atoms with Gasteiger partial charge in [0, 0.05) is 7.05 Å². The Morgan fingerprint density at radius 3 is 2.30 bits per heavy atom. The zero-order valence-electron chi connectivity index (χ0n) is 14.8. The molecule has 0 aliphatic heterocycles. The summed E-state index contributed by atoms with van der Waals surface area (Å²) >= 11 is 0. The first-order valence-corrected chi connectivity index (χ1v) is 8.18. The lowest BCUT2D eigenvalue weighted by Gasteiger charge is -2.12. The first kappa shape index (κ1) is 19.8. The second kappa shape index (κ2) is 10.4. The Morgan fingerprint density at radius 2 is 1.56 bits per heavy atom. The Balaban J connectivity index is 1.83. The minimum absolute atomic E-state index is 0.171. The first-order chi connectivity index (χ1) is 13.1. The molecule has 0 aromatic heterocycles. The molecule has 2 aromatic carbocycles. The van der Waals surface area contributed by atoms with Gasteiger partial charge in [0.25, 0.3) is 5.91 Å². The number of carbonyl (C=O) groups excluding carboxylic acids is 3. The average molecular weight is 372 g/mol. The standard InChI is InChI=1S/C19H20N2O6/c1-20-19(24)21-17(22)13-27-18(23)15-9-5-6-10-16(15)26-12-11-25-14-7-3-2-4-8-14/h2-10H,11-13H2,1H3,(H2,20,21,22,24). The van der Waals surface area contributed by atoms with Crippen molar-refractivity contribution in [2.24, 2.45) is 0 Å². The van der Waals surface area contributed by atoms with Crippen LogP contribution in [-0.2, 0) is 9.53 Å². The van der Waals surface area contributed by atoms with Crippen molar-refractivity contribution < 1.29 is 28.6 Å². The summed E-state index contributed by atoms with van der Waals surface area (Å²) in [6, 6.07) is 15.1. The highest BCUT2D eigenvalue weighted by Crippen LogP contribution is 2.19. The Hall–Kier alpha value is -3.55. The number of para-hydroxylation sites is 2. The van der Waals surface area contributed by atoms with Gasteiger partial charge in [-0.1, -0.05) is 30.3 Å². The molecule has 2 rings (SSSR count). The Bertz CT molecular complexity index is 779. The van der Waals surface area contributed by atoms with E-state index in [2.05, 4.69) is 5.32 Å². The second-order valence-electron chi connectivity index (χ2n) is 5.21. The van der Waals surface area contributed by atoms with Crippen LogP contribution < -0.4 is 20.1 Å². The summed E-state index contributed by atoms with van der Waals surface area (Å²) in [6.07, 6.45) is 0. The maximum Gasteiger partial charge on any atom is 0.342 e. The topological polar surface area (TPSA) is 103 Å². The summed E-state index contributed by atoms with van der Waals surface area (Å²) in [7, 11) is 1.36. The van der Waals surface area contributed by atoms with Gasteiger partial charge in [0.2, 0.25) is 0 Å². The molecule has 27 heavy (non-hydrogen) atoms. The molecule has 2 aromatic rings. The summed E-state index contributed by atoms with van der Waals surface area (Å²) < 4.78 is 16.0. The van der Waals surface area contributed by atoms with Gasteiger partial charge in [-0.3, -0.25) is 10.1 Å². The predicted molar refractivity (Wildman–Crippen MR) is 96.8 cm³/mol. The van der Waals surface area contributed by atoms with Crippen LogP contribution in [0.4, 0.5) is 4.79 Å². The number of rotatable bonds is 8. The summed E-state index contributed by atoms with van der Waals surface area (Å²) in [5.74, 6) is -0.444. The molecule has 8 nitrogen and oxygen atoms in total. The van der Waals surface area contributed by atoms with E-state index in [4.69, 9.17) is 14.2 Å². The summed E-state index contributed by atoms with van der Waals surface area (Å²) in [6.45, 7) is -0.0734. The summed E-state index contributed by atoms with van der Waals surface area (Å²) in [4.78, 5) is 34.7. The van der Waals surface area contributed by atoms with Gasteiger partial charge in [-0.05, 0) is 24.3 Å². The SMILES string of the molecule is CNC(=O)NC(=O)COC(=O)c1ccccc1OCCOc1ccccc1. The summed E-state index contributed by atoms with van der Waals surface area (Å²) in [5, 5.41) is 4.22. The third-order valence-electron chi connectivity index (χ3n) is 3.27. The van der Waals surface area contributed by atoms with Crippen molar-refractivity contribution in [3.63, 3.8) is 0 Å². The first-order valence-electron chi connectivity index (χ1n) is 8.18. The number of ether oxygens (including phenoxy) is 3. The Labute approximate surface area is 156 Å². The minimum Gasteiger partial charge on any atom is -0.490 e. The number of hydrogen-bond donors (Lipinski definition) is 2. The molecule has 0 saturated carbocycles. The number of urea groups is 1. The molecule has 142 valence electrons. The van der Waals surface area contributed by atoms with Crippen LogP contribution in [0.5, 0.6) is 11.5 Å². The third kappa shape index (κ3) is 6.69. The molecule has 0 aliphatic rings. The zero-order chi connectivity index (χ0) is 19.5. The van der Waals surface area contributed by atoms with E-state index in [1.54, 1.807) is 18.2 Å². The number of carbonyl (C=O) groups is 3. The van der Waals surface area contributed by atoms with Crippen molar-refractivity contribution >= 4 is 17.9 Å². The Kier molecular flexibility index (Phi) is 7.65. The van der Waals surface area contributed by atoms with Gasteiger partial charge in [-0.25, -0.2) is 9.59 Å². The van der Waals surface area contributed by atoms with Crippen LogP contribution in [0.15, 0.2) is 54.6 Å². The van der Waals surface area contributed by atoms with E-state index < -0.39 is 24.5 Å². The molecule has 0 heterocycles. The van der Waals surface area contributed by atoms with Gasteiger partial charge in [0.05, 0.1) is 0 Å². The highest BCUT2D eigenvalue weighted by atomic mass is 16.5. The maximum atomic E-state index is 12.2. The van der Waals surface area contributed by atoms with Crippen molar-refractivity contribution in [1.82, 2.24) is 10.6 Å². The van der Waals surface area contributed by atoms with Crippen LogP contribution in [0.25, 0.3) is 0 Å². The quantitative estimate of drug-likeness (QED) is 0.541. The largest absolute Gasteiger partial charge is 0.490 e. The molecule has 0 bridgehead atoms. The monoisotopic (exact) mass is 372 g/mol. The second-order valence-corrected chi connectivity index (χ2v) is 5.21. The smallest absolute Gasteiger partial charge is 0.342 e. The van der Waals surface area contributed by atoms with Gasteiger partial charge in [0.15, 0.2) is 6.61 Å². The highest BCUT2D eigenvalue weighted by molar-refractivity contribution is 5.97. The number of imide groups is 1. The van der Waals surface area contributed by atoms with Crippen molar-refractivity contribution in [2.45, 2.75) is 0 Å². The Morgan fingerprint density at radius 1 is 0.889 bits per heavy atom. The van der Waals surface area contributed by atoms with E-state index in [0.29, 0.717) is 12.4 Å². The number of amides is 3. The van der Waals surface area contributed by atoms with Crippen LogP contribution in [0.2, 0.25) is 0 Å². The van der Waals surface area contributed by atoms with Crippen LogP contribution in [0, 0.1) is 0 Å². The molecule has 8 heteroatoms. The van der Waals surface area contributed by atoms with Gasteiger partial charge < -0.3 is 19.5 Å². The molecule has 0 aliphatic carbocycles. The lowest BCUT2D eigenvalue weighted by molar-refractivity contribution is -0.123. The van der Waals surface area contributed by atoms with E-state index in [9.17, 15) is 14.4 Å². The van der Waals surface area contributed by atoms with Gasteiger partial charge in [-0.15, -0.1) is 0 Å². The normalized spacial score (nSPS) is 9.81. The van der Waals surface area contributed by atoms with Gasteiger partial charge >= 0.3 is 12.0 Å². The van der Waals surface area contributed by atoms with Crippen molar-refractivity contribution in [2.75, 3.05) is 26.9 Å². The molecule has 0 saturated heterocycles. The van der Waals surface area contributed by atoms with Crippen molar-refractivity contribution in [1.29, 1.82) is 0 Å². The van der Waals surface area contributed by atoms with E-state index in [1.165, 1.54) is 13.1 Å². The lowest BCUT2D eigenvalue weighted by atomic mass is 10.2. The van der Waals surface area contributed by atoms with E-state index >= 15 is 0 Å². The van der Waals surface area contributed by atoms with Crippen LogP contribution in [-0.4, -0.2) is 44.8 Å². The van der Waals surface area contributed by atoms with Crippen molar-refractivity contribution in [3.8, 4) is 11.5 Å². The molecule has 0 atom stereocenters. The average Bonchev–Trinajstić information content (AvgIpc) is 2.70. The predicted octanol–water partition coefficient (Wildman–Crippen LogP) is 1.76. The van der Waals surface area contributed by atoms with Crippen LogP contribution in [0.3, 0.4) is 0 Å². The summed E-state index contributed by atoms with van der Waals surface area (Å²) in [5.41, 5.74) is 0.171. The number of esters is 1. The molecule has 0 unspecified atom stereocenters. The van der Waals surface area contributed by atoms with E-state index in [-0.39, 0.29) is 12.2 Å². The number of hydrogen-bond acceptors (Lipinski definition) is 6. The van der Waals surface area contributed by atoms with Crippen molar-refractivity contribution in [3.05, 3.63) is 60.2 Å². The zero-order valence-corrected chi connectivity index (χ0v) is 14.8.